The number of ether oxygens (including phenoxy) is 1. The number of aromatic amines is 1. The van der Waals surface area contributed by atoms with Crippen LogP contribution >= 0.6 is 0 Å². The number of pyridine rings is 1. The van der Waals surface area contributed by atoms with Gasteiger partial charge in [0.25, 0.3) is 5.56 Å². The second kappa shape index (κ2) is 4.35. The zero-order chi connectivity index (χ0) is 14.1. The standard InChI is InChI=1S/C7H3F3N2O6/c8-7(9,10)18-5-2(12(16)17)1-3(13)11-4(5)6(14)15/h1H,(H,11,13)(H,14,15). The van der Waals surface area contributed by atoms with Gasteiger partial charge in [0, 0.05) is 0 Å². The fourth-order valence-corrected chi connectivity index (χ4v) is 1.04. The van der Waals surface area contributed by atoms with Crippen LogP contribution in [-0.2, 0) is 0 Å². The molecule has 1 rings (SSSR count). The Balaban J connectivity index is 3.56. The van der Waals surface area contributed by atoms with Crippen molar-refractivity contribution in [3.63, 3.8) is 0 Å². The second-order valence-corrected chi connectivity index (χ2v) is 2.83. The van der Waals surface area contributed by atoms with E-state index < -0.39 is 39.9 Å². The van der Waals surface area contributed by atoms with Crippen molar-refractivity contribution in [3.8, 4) is 5.75 Å². The van der Waals surface area contributed by atoms with Crippen LogP contribution in [0.4, 0.5) is 18.9 Å². The molecule has 0 radical (unpaired) electrons. The van der Waals surface area contributed by atoms with E-state index in [1.807, 2.05) is 0 Å². The van der Waals surface area contributed by atoms with Crippen LogP contribution in [0.25, 0.3) is 0 Å². The summed E-state index contributed by atoms with van der Waals surface area (Å²) in [4.78, 5) is 32.1. The maximum absolute atomic E-state index is 12.0. The van der Waals surface area contributed by atoms with E-state index in [9.17, 15) is 32.9 Å². The lowest BCUT2D eigenvalue weighted by Gasteiger charge is -2.10. The van der Waals surface area contributed by atoms with E-state index in [2.05, 4.69) is 4.74 Å². The number of carboxylic acids is 1. The monoisotopic (exact) mass is 268 g/mol. The molecule has 0 aliphatic carbocycles. The van der Waals surface area contributed by atoms with Crippen LogP contribution in [-0.4, -0.2) is 27.3 Å². The van der Waals surface area contributed by atoms with Crippen molar-refractivity contribution in [1.82, 2.24) is 4.98 Å². The van der Waals surface area contributed by atoms with E-state index in [-0.39, 0.29) is 6.07 Å². The van der Waals surface area contributed by atoms with Gasteiger partial charge in [0.2, 0.25) is 5.75 Å². The van der Waals surface area contributed by atoms with Crippen molar-refractivity contribution in [2.75, 3.05) is 0 Å². The normalized spacial score (nSPS) is 11.1. The number of nitrogens with one attached hydrogen (secondary N) is 1. The number of carbonyl (C=O) groups is 1. The summed E-state index contributed by atoms with van der Waals surface area (Å²) >= 11 is 0. The van der Waals surface area contributed by atoms with E-state index in [1.54, 1.807) is 0 Å². The molecule has 2 N–H and O–H groups in total. The number of hydrogen-bond donors (Lipinski definition) is 2. The molecular formula is C7H3F3N2O6. The van der Waals surface area contributed by atoms with Crippen molar-refractivity contribution in [1.29, 1.82) is 0 Å². The topological polar surface area (TPSA) is 123 Å². The Morgan fingerprint density at radius 1 is 1.50 bits per heavy atom. The summed E-state index contributed by atoms with van der Waals surface area (Å²) in [5.74, 6) is -3.59. The molecule has 0 saturated carbocycles. The van der Waals surface area contributed by atoms with Crippen LogP contribution in [0.15, 0.2) is 10.9 Å². The molecule has 1 aromatic heterocycles. The summed E-state index contributed by atoms with van der Waals surface area (Å²) in [6.45, 7) is 0. The molecule has 1 aromatic rings. The van der Waals surface area contributed by atoms with Gasteiger partial charge >= 0.3 is 18.0 Å². The van der Waals surface area contributed by atoms with Gasteiger partial charge in [0.1, 0.15) is 0 Å². The maximum atomic E-state index is 12.0. The summed E-state index contributed by atoms with van der Waals surface area (Å²) in [6, 6.07) is 0.188. The highest BCUT2D eigenvalue weighted by Crippen LogP contribution is 2.33. The van der Waals surface area contributed by atoms with Crippen LogP contribution < -0.4 is 10.3 Å². The third-order valence-electron chi connectivity index (χ3n) is 1.60. The molecule has 0 saturated heterocycles. The SMILES string of the molecule is O=C(O)c1[nH]c(=O)cc([N+](=O)[O-])c1OC(F)(F)F. The summed E-state index contributed by atoms with van der Waals surface area (Å²) in [5, 5.41) is 19.0. The number of hydrogen-bond acceptors (Lipinski definition) is 5. The first-order valence-electron chi connectivity index (χ1n) is 4.02. The molecule has 0 spiro atoms. The zero-order valence-corrected chi connectivity index (χ0v) is 8.15. The Labute approximate surface area is 94.8 Å². The quantitative estimate of drug-likeness (QED) is 0.619. The van der Waals surface area contributed by atoms with E-state index in [0.717, 1.165) is 0 Å². The molecule has 0 amide bonds. The summed E-state index contributed by atoms with van der Waals surface area (Å²) in [5.41, 5.74) is -3.99. The molecule has 1 heterocycles. The molecule has 11 heteroatoms. The van der Waals surface area contributed by atoms with Crippen molar-refractivity contribution in [2.24, 2.45) is 0 Å². The number of halogens is 3. The first-order chi connectivity index (χ1) is 8.11. The van der Waals surface area contributed by atoms with Gasteiger partial charge in [-0.15, -0.1) is 13.2 Å². The minimum Gasteiger partial charge on any atom is -0.476 e. The van der Waals surface area contributed by atoms with Gasteiger partial charge in [-0.05, 0) is 0 Å². The molecule has 0 atom stereocenters. The average Bonchev–Trinajstić information content (AvgIpc) is 2.17. The van der Waals surface area contributed by atoms with Crippen molar-refractivity contribution in [3.05, 3.63) is 32.2 Å². The first-order valence-corrected chi connectivity index (χ1v) is 4.02. The van der Waals surface area contributed by atoms with Crippen molar-refractivity contribution >= 4 is 11.7 Å². The lowest BCUT2D eigenvalue weighted by atomic mass is 10.3. The van der Waals surface area contributed by atoms with E-state index in [1.165, 1.54) is 4.98 Å². The first kappa shape index (κ1) is 13.5. The number of aromatic carboxylic acids is 1. The minimum absolute atomic E-state index is 0.188. The zero-order valence-electron chi connectivity index (χ0n) is 8.15. The van der Waals surface area contributed by atoms with Gasteiger partial charge < -0.3 is 14.8 Å². The number of rotatable bonds is 3. The summed E-state index contributed by atoms with van der Waals surface area (Å²) in [7, 11) is 0. The predicted octanol–water partition coefficient (Wildman–Crippen LogP) is 0.880. The Bertz CT molecular complexity index is 525. The number of H-pyrrole nitrogens is 1. The smallest absolute Gasteiger partial charge is 0.476 e. The lowest BCUT2D eigenvalue weighted by molar-refractivity contribution is -0.388. The highest BCUT2D eigenvalue weighted by molar-refractivity contribution is 5.90. The molecule has 0 bridgehead atoms. The number of aromatic nitrogens is 1. The Hall–Kier alpha value is -2.59. The molecule has 0 unspecified atom stereocenters. The van der Waals surface area contributed by atoms with Crippen LogP contribution in [0.2, 0.25) is 0 Å². The number of carboxylic acid groups (broad SMARTS) is 1. The Morgan fingerprint density at radius 2 is 2.06 bits per heavy atom. The minimum atomic E-state index is -5.34. The van der Waals surface area contributed by atoms with Crippen LogP contribution in [0, 0.1) is 10.1 Å². The third-order valence-corrected chi connectivity index (χ3v) is 1.60. The van der Waals surface area contributed by atoms with Gasteiger partial charge in [0.15, 0.2) is 5.69 Å². The fraction of sp³-hybridized carbons (Fsp3) is 0.143. The number of alkyl halides is 3. The molecule has 0 aliphatic rings. The largest absolute Gasteiger partial charge is 0.573 e. The highest BCUT2D eigenvalue weighted by Gasteiger charge is 2.38. The lowest BCUT2D eigenvalue weighted by Crippen LogP contribution is -2.23. The van der Waals surface area contributed by atoms with Gasteiger partial charge in [-0.3, -0.25) is 14.9 Å². The maximum Gasteiger partial charge on any atom is 0.573 e. The number of nitrogens with zero attached hydrogens (tertiary/aromatic N) is 1. The van der Waals surface area contributed by atoms with E-state index >= 15 is 0 Å². The van der Waals surface area contributed by atoms with Crippen LogP contribution in [0.1, 0.15) is 10.5 Å². The van der Waals surface area contributed by atoms with Crippen molar-refractivity contribution in [2.45, 2.75) is 6.36 Å². The van der Waals surface area contributed by atoms with Crippen LogP contribution in [0.3, 0.4) is 0 Å². The van der Waals surface area contributed by atoms with Gasteiger partial charge in [0.05, 0.1) is 11.0 Å². The van der Waals surface area contributed by atoms with Gasteiger partial charge in [-0.2, -0.15) is 0 Å². The summed E-state index contributed by atoms with van der Waals surface area (Å²) in [6.07, 6.45) is -5.34. The summed E-state index contributed by atoms with van der Waals surface area (Å²) < 4.78 is 39.2. The average molecular weight is 268 g/mol. The van der Waals surface area contributed by atoms with Gasteiger partial charge in [-0.25, -0.2) is 4.79 Å². The Morgan fingerprint density at radius 3 is 2.44 bits per heavy atom. The van der Waals surface area contributed by atoms with Crippen LogP contribution in [0.5, 0.6) is 5.75 Å². The molecule has 0 aliphatic heterocycles. The number of nitro groups is 1. The Kier molecular flexibility index (Phi) is 3.26. The second-order valence-electron chi connectivity index (χ2n) is 2.83. The molecule has 8 nitrogen and oxygen atoms in total. The van der Waals surface area contributed by atoms with Crippen molar-refractivity contribution < 1.29 is 32.7 Å². The molecule has 0 fully saturated rings. The molecular weight excluding hydrogens is 265 g/mol. The van der Waals surface area contributed by atoms with Gasteiger partial charge in [-0.1, -0.05) is 0 Å². The molecule has 98 valence electrons. The highest BCUT2D eigenvalue weighted by atomic mass is 19.4. The molecule has 18 heavy (non-hydrogen) atoms. The van der Waals surface area contributed by atoms with E-state index in [0.29, 0.717) is 0 Å². The van der Waals surface area contributed by atoms with E-state index in [4.69, 9.17) is 5.11 Å². The predicted molar refractivity (Wildman–Crippen MR) is 47.4 cm³/mol. The molecule has 0 aromatic carbocycles. The fourth-order valence-electron chi connectivity index (χ4n) is 1.04. The third kappa shape index (κ3) is 2.96.